The largest absolute Gasteiger partial charge is 0.457 e. The van der Waals surface area contributed by atoms with Crippen molar-refractivity contribution in [1.29, 1.82) is 0 Å². The quantitative estimate of drug-likeness (QED) is 0.179. The lowest BCUT2D eigenvalue weighted by Gasteiger charge is -2.28. The highest BCUT2D eigenvalue weighted by atomic mass is 31.2. The maximum atomic E-state index is 14.0. The topological polar surface area (TPSA) is 139 Å². The third-order valence-corrected chi connectivity index (χ3v) is 11.2. The van der Waals surface area contributed by atoms with E-state index in [-0.39, 0.29) is 0 Å². The molecule has 0 saturated carbocycles. The molecule has 0 rings (SSSR count). The van der Waals surface area contributed by atoms with Crippen LogP contribution in [0.3, 0.4) is 0 Å². The lowest BCUT2D eigenvalue weighted by atomic mass is 9.98. The lowest BCUT2D eigenvalue weighted by molar-refractivity contribution is -0.152. The van der Waals surface area contributed by atoms with Gasteiger partial charge in [-0.25, -0.2) is 0 Å². The van der Waals surface area contributed by atoms with Crippen LogP contribution in [0.4, 0.5) is 0 Å². The third-order valence-electron chi connectivity index (χ3n) is 4.69. The summed E-state index contributed by atoms with van der Waals surface area (Å²) in [6.07, 6.45) is -2.59. The predicted molar refractivity (Wildman–Crippen MR) is 142 cm³/mol. The molecule has 0 aliphatic heterocycles. The summed E-state index contributed by atoms with van der Waals surface area (Å²) in [4.78, 5) is 49.5. The van der Waals surface area contributed by atoms with Crippen molar-refractivity contribution in [1.82, 2.24) is 0 Å². The molecule has 0 fully saturated rings. The molecule has 12 heteroatoms. The molecule has 0 aromatic carbocycles. The van der Waals surface area contributed by atoms with Crippen LogP contribution in [0.1, 0.15) is 83.1 Å². The summed E-state index contributed by atoms with van der Waals surface area (Å²) in [5.74, 6) is -3.21. The maximum absolute atomic E-state index is 14.0. The first-order chi connectivity index (χ1) is 16.2. The van der Waals surface area contributed by atoms with E-state index in [1.807, 2.05) is 0 Å². The summed E-state index contributed by atoms with van der Waals surface area (Å²) in [7, 11) is -7.64. The second-order valence-electron chi connectivity index (χ2n) is 13.5. The second-order valence-corrected chi connectivity index (χ2v) is 19.9. The molecule has 0 radical (unpaired) electrons. The fourth-order valence-corrected chi connectivity index (χ4v) is 8.90. The Kier molecular flexibility index (Phi) is 11.9. The van der Waals surface area contributed by atoms with E-state index in [1.165, 1.54) is 0 Å². The van der Waals surface area contributed by atoms with Gasteiger partial charge in [0, 0.05) is 0 Å². The van der Waals surface area contributed by atoms with Gasteiger partial charge in [-0.2, -0.15) is 0 Å². The molecule has 0 atom stereocenters. The first-order valence-electron chi connectivity index (χ1n) is 12.1. The van der Waals surface area contributed by atoms with Gasteiger partial charge in [0.25, 0.3) is 0 Å². The van der Waals surface area contributed by atoms with Crippen LogP contribution in [0.2, 0.25) is 0 Å². The molecule has 0 unspecified atom stereocenters. The minimum atomic E-state index is -3.82. The monoisotopic (exact) mass is 568 g/mol. The van der Waals surface area contributed by atoms with Crippen LogP contribution in [0.5, 0.6) is 0 Å². The van der Waals surface area contributed by atoms with Crippen LogP contribution in [-0.4, -0.2) is 55.2 Å². The van der Waals surface area contributed by atoms with Gasteiger partial charge in [-0.1, -0.05) is 0 Å². The van der Waals surface area contributed by atoms with E-state index in [4.69, 9.17) is 18.9 Å². The number of ether oxygens (including phenoxy) is 4. The SMILES string of the molecule is CC(C)(C)C(=O)OCP(=O)(COC(=O)C(C)(C)C)CP(=O)(COC(=O)C(C)(C)C)COC(=O)C(C)(C)C. The summed E-state index contributed by atoms with van der Waals surface area (Å²) in [5, 5.41) is 0. The number of carbonyl (C=O) groups excluding carboxylic acids is 4. The van der Waals surface area contributed by atoms with E-state index < -0.39 is 91.1 Å². The highest BCUT2D eigenvalue weighted by molar-refractivity contribution is 7.80. The van der Waals surface area contributed by atoms with Crippen molar-refractivity contribution in [3.8, 4) is 0 Å². The summed E-state index contributed by atoms with van der Waals surface area (Å²) in [6.45, 7) is 19.4. The smallest absolute Gasteiger partial charge is 0.311 e. The van der Waals surface area contributed by atoms with Crippen molar-refractivity contribution < 1.29 is 47.3 Å². The third kappa shape index (κ3) is 13.1. The Balaban J connectivity index is 6.14. The van der Waals surface area contributed by atoms with Gasteiger partial charge in [0.1, 0.15) is 25.4 Å². The van der Waals surface area contributed by atoms with Crippen LogP contribution in [0, 0.1) is 21.7 Å². The zero-order valence-corrected chi connectivity index (χ0v) is 26.3. The number of carbonyl (C=O) groups is 4. The van der Waals surface area contributed by atoms with E-state index >= 15 is 0 Å². The molecule has 0 aliphatic rings. The van der Waals surface area contributed by atoms with Crippen molar-refractivity contribution in [2.24, 2.45) is 21.7 Å². The Bertz CT molecular complexity index is 796. The number of hydrogen-bond acceptors (Lipinski definition) is 10. The van der Waals surface area contributed by atoms with Gasteiger partial charge >= 0.3 is 23.9 Å². The Morgan fingerprint density at radius 3 is 0.730 bits per heavy atom. The fraction of sp³-hybridized carbons (Fsp3) is 0.840. The van der Waals surface area contributed by atoms with E-state index in [0.29, 0.717) is 0 Å². The standard InChI is InChI=1S/C25H46O10P2/c1-22(2,3)18(26)32-13-36(30,14-33-19(27)23(4,5)6)17-37(31,15-34-20(28)24(7,8)9)16-35-21(29)25(10,11)12/h13-17H2,1-12H3. The Morgan fingerprint density at radius 2 is 0.595 bits per heavy atom. The van der Waals surface area contributed by atoms with Gasteiger partial charge in [-0.05, 0) is 83.1 Å². The average molecular weight is 569 g/mol. The Labute approximate surface area is 221 Å². The molecule has 37 heavy (non-hydrogen) atoms. The molecular formula is C25H46O10P2. The van der Waals surface area contributed by atoms with Crippen molar-refractivity contribution in [3.05, 3.63) is 0 Å². The lowest BCUT2D eigenvalue weighted by Crippen LogP contribution is -2.28. The molecule has 216 valence electrons. The zero-order valence-electron chi connectivity index (χ0n) is 24.5. The van der Waals surface area contributed by atoms with E-state index in [0.717, 1.165) is 0 Å². The molecule has 0 spiro atoms. The molecule has 0 aromatic rings. The van der Waals surface area contributed by atoms with Gasteiger partial charge in [-0.15, -0.1) is 0 Å². The highest BCUT2D eigenvalue weighted by Crippen LogP contribution is 2.62. The molecule has 0 aromatic heterocycles. The summed E-state index contributed by atoms with van der Waals surface area (Å²) >= 11 is 0. The van der Waals surface area contributed by atoms with Crippen molar-refractivity contribution in [3.63, 3.8) is 0 Å². The van der Waals surface area contributed by atoms with Crippen LogP contribution >= 0.6 is 14.3 Å². The normalized spacial score (nSPS) is 13.5. The molecular weight excluding hydrogens is 522 g/mol. The summed E-state index contributed by atoms with van der Waals surface area (Å²) in [6, 6.07) is 0. The molecule has 0 bridgehead atoms. The van der Waals surface area contributed by atoms with Gasteiger partial charge in [0.05, 0.1) is 27.6 Å². The van der Waals surface area contributed by atoms with Gasteiger partial charge in [0.2, 0.25) is 0 Å². The van der Waals surface area contributed by atoms with Crippen LogP contribution in [-0.2, 0) is 47.3 Å². The van der Waals surface area contributed by atoms with Crippen LogP contribution < -0.4 is 0 Å². The molecule has 0 aliphatic carbocycles. The highest BCUT2D eigenvalue weighted by Gasteiger charge is 2.41. The molecule has 10 nitrogen and oxygen atoms in total. The second kappa shape index (κ2) is 12.5. The average Bonchev–Trinajstić information content (AvgIpc) is 2.69. The Morgan fingerprint density at radius 1 is 0.432 bits per heavy atom. The molecule has 0 N–H and O–H groups in total. The molecule has 0 saturated heterocycles. The number of hydrogen-bond donors (Lipinski definition) is 0. The maximum Gasteiger partial charge on any atom is 0.311 e. The van der Waals surface area contributed by atoms with Gasteiger partial charge < -0.3 is 28.1 Å². The first kappa shape index (κ1) is 35.3. The van der Waals surface area contributed by atoms with Crippen molar-refractivity contribution in [2.75, 3.05) is 31.3 Å². The zero-order chi connectivity index (χ0) is 29.7. The van der Waals surface area contributed by atoms with Gasteiger partial charge in [0.15, 0.2) is 14.3 Å². The van der Waals surface area contributed by atoms with E-state index in [2.05, 4.69) is 0 Å². The molecule has 0 amide bonds. The van der Waals surface area contributed by atoms with Crippen LogP contribution in [0.25, 0.3) is 0 Å². The summed E-state index contributed by atoms with van der Waals surface area (Å²) < 4.78 is 49.0. The van der Waals surface area contributed by atoms with Crippen molar-refractivity contribution in [2.45, 2.75) is 83.1 Å². The van der Waals surface area contributed by atoms with Gasteiger partial charge in [-0.3, -0.25) is 19.2 Å². The van der Waals surface area contributed by atoms with E-state index in [1.54, 1.807) is 83.1 Å². The minimum absolute atomic E-state index is 0.607. The minimum Gasteiger partial charge on any atom is -0.457 e. The molecule has 0 heterocycles. The fourth-order valence-electron chi connectivity index (χ4n) is 2.28. The predicted octanol–water partition coefficient (Wildman–Crippen LogP) is 5.86. The Hall–Kier alpha value is -1.66. The summed E-state index contributed by atoms with van der Waals surface area (Å²) in [5.41, 5.74) is -3.61. The number of esters is 4. The van der Waals surface area contributed by atoms with Crippen LogP contribution in [0.15, 0.2) is 0 Å². The van der Waals surface area contributed by atoms with Crippen molar-refractivity contribution >= 4 is 38.2 Å². The first-order valence-corrected chi connectivity index (χ1v) is 16.6. The van der Waals surface area contributed by atoms with E-state index in [9.17, 15) is 28.3 Å². The number of rotatable bonds is 10.